The Balaban J connectivity index is 2.37. The molecule has 2 rings (SSSR count). The number of fused-ring (bicyclic) bond motifs is 1. The third-order valence-electron chi connectivity index (χ3n) is 2.98. The summed E-state index contributed by atoms with van der Waals surface area (Å²) < 4.78 is 5.45. The van der Waals surface area contributed by atoms with E-state index in [2.05, 4.69) is 9.88 Å². The second kappa shape index (κ2) is 5.48. The van der Waals surface area contributed by atoms with Crippen molar-refractivity contribution in [3.8, 4) is 0 Å². The van der Waals surface area contributed by atoms with Gasteiger partial charge in [0.15, 0.2) is 5.82 Å². The van der Waals surface area contributed by atoms with Crippen LogP contribution in [0.5, 0.6) is 0 Å². The summed E-state index contributed by atoms with van der Waals surface area (Å²) in [6, 6.07) is 3.61. The van der Waals surface area contributed by atoms with Crippen molar-refractivity contribution in [2.45, 2.75) is 32.8 Å². The van der Waals surface area contributed by atoms with E-state index in [0.29, 0.717) is 17.5 Å². The summed E-state index contributed by atoms with van der Waals surface area (Å²) in [4.78, 5) is 20.3. The van der Waals surface area contributed by atoms with Crippen LogP contribution in [0.15, 0.2) is 12.1 Å². The molecule has 0 radical (unpaired) electrons. The van der Waals surface area contributed by atoms with Crippen molar-refractivity contribution in [2.24, 2.45) is 0 Å². The predicted octanol–water partition coefficient (Wildman–Crippen LogP) is 3.32. The van der Waals surface area contributed by atoms with Crippen LogP contribution in [0, 0.1) is 0 Å². The molecular formula is C14H20ClN3O2. The van der Waals surface area contributed by atoms with E-state index in [4.69, 9.17) is 16.3 Å². The third kappa shape index (κ3) is 3.33. The van der Waals surface area contributed by atoms with Gasteiger partial charge in [0.2, 0.25) is 0 Å². The summed E-state index contributed by atoms with van der Waals surface area (Å²) in [6.45, 7) is 6.97. The highest BCUT2D eigenvalue weighted by Crippen LogP contribution is 2.32. The number of hydrogen-bond acceptors (Lipinski definition) is 4. The van der Waals surface area contributed by atoms with E-state index in [1.54, 1.807) is 11.0 Å². The Kier molecular flexibility index (Phi) is 4.09. The molecule has 1 aliphatic rings. The van der Waals surface area contributed by atoms with Crippen molar-refractivity contribution < 1.29 is 9.53 Å². The molecule has 5 nitrogen and oxygen atoms in total. The monoisotopic (exact) mass is 297 g/mol. The highest BCUT2D eigenvalue weighted by atomic mass is 35.5. The van der Waals surface area contributed by atoms with Gasteiger partial charge in [0.05, 0.1) is 5.69 Å². The Morgan fingerprint density at radius 2 is 2.05 bits per heavy atom. The lowest BCUT2D eigenvalue weighted by Gasteiger charge is -2.27. The molecule has 0 aliphatic carbocycles. The van der Waals surface area contributed by atoms with Crippen molar-refractivity contribution >= 4 is 29.2 Å². The summed E-state index contributed by atoms with van der Waals surface area (Å²) in [5.74, 6) is 0.562. The van der Waals surface area contributed by atoms with Gasteiger partial charge in [-0.1, -0.05) is 11.6 Å². The number of carbonyl (C=O) groups excluding carboxylic acids is 1. The Morgan fingerprint density at radius 1 is 1.35 bits per heavy atom. The summed E-state index contributed by atoms with van der Waals surface area (Å²) in [5, 5.41) is 0.368. The second-order valence-electron chi connectivity index (χ2n) is 5.88. The molecule has 0 N–H and O–H groups in total. The molecule has 0 fully saturated rings. The Labute approximate surface area is 124 Å². The first-order valence-corrected chi connectivity index (χ1v) is 7.04. The Hall–Kier alpha value is -1.49. The number of anilines is 2. The summed E-state index contributed by atoms with van der Waals surface area (Å²) in [6.07, 6.45) is 0.466. The fraction of sp³-hybridized carbons (Fsp3) is 0.571. The predicted molar refractivity (Wildman–Crippen MR) is 80.7 cm³/mol. The molecule has 6 heteroatoms. The van der Waals surface area contributed by atoms with Gasteiger partial charge >= 0.3 is 6.09 Å². The fourth-order valence-electron chi connectivity index (χ4n) is 2.10. The van der Waals surface area contributed by atoms with E-state index in [0.717, 1.165) is 18.7 Å². The summed E-state index contributed by atoms with van der Waals surface area (Å²) >= 11 is 5.97. The van der Waals surface area contributed by atoms with Crippen LogP contribution in [-0.2, 0) is 4.74 Å². The quantitative estimate of drug-likeness (QED) is 0.689. The smallest absolute Gasteiger partial charge is 0.416 e. The first-order valence-electron chi connectivity index (χ1n) is 6.66. The van der Waals surface area contributed by atoms with Crippen LogP contribution in [0.1, 0.15) is 27.2 Å². The molecule has 1 aliphatic heterocycles. The van der Waals surface area contributed by atoms with E-state index in [9.17, 15) is 4.79 Å². The molecule has 0 atom stereocenters. The first kappa shape index (κ1) is 14.9. The number of aromatic nitrogens is 1. The number of ether oxygens (including phenoxy) is 1. The number of hydrogen-bond donors (Lipinski definition) is 0. The van der Waals surface area contributed by atoms with Gasteiger partial charge in [-0.25, -0.2) is 9.78 Å². The zero-order valence-corrected chi connectivity index (χ0v) is 13.1. The zero-order valence-electron chi connectivity index (χ0n) is 12.3. The average Bonchev–Trinajstić information content (AvgIpc) is 2.46. The molecular weight excluding hydrogens is 278 g/mol. The number of nitrogens with zero attached hydrogens (tertiary/aromatic N) is 3. The second-order valence-corrected chi connectivity index (χ2v) is 6.27. The van der Waals surface area contributed by atoms with Gasteiger partial charge < -0.3 is 9.64 Å². The maximum absolute atomic E-state index is 12.3. The van der Waals surface area contributed by atoms with Gasteiger partial charge in [0, 0.05) is 20.1 Å². The van der Waals surface area contributed by atoms with Crippen LogP contribution in [0.4, 0.5) is 16.3 Å². The Morgan fingerprint density at radius 3 is 2.70 bits per heavy atom. The Bertz CT molecular complexity index is 514. The van der Waals surface area contributed by atoms with Crippen molar-refractivity contribution in [3.63, 3.8) is 0 Å². The van der Waals surface area contributed by atoms with Crippen LogP contribution in [0.2, 0.25) is 5.15 Å². The lowest BCUT2D eigenvalue weighted by molar-refractivity contribution is 0.0580. The van der Waals surface area contributed by atoms with Gasteiger partial charge in [-0.2, -0.15) is 0 Å². The van der Waals surface area contributed by atoms with Gasteiger partial charge in [0.1, 0.15) is 10.8 Å². The van der Waals surface area contributed by atoms with E-state index in [1.165, 1.54) is 0 Å². The van der Waals surface area contributed by atoms with Crippen LogP contribution in [-0.4, -0.2) is 36.8 Å². The first-order chi connectivity index (χ1) is 9.28. The molecule has 2 heterocycles. The van der Waals surface area contributed by atoms with Crippen LogP contribution >= 0.6 is 11.6 Å². The zero-order chi connectivity index (χ0) is 14.9. The van der Waals surface area contributed by atoms with Gasteiger partial charge in [-0.3, -0.25) is 4.90 Å². The minimum absolute atomic E-state index is 0.368. The topological polar surface area (TPSA) is 45.7 Å². The van der Waals surface area contributed by atoms with Gasteiger partial charge in [-0.05, 0) is 39.3 Å². The van der Waals surface area contributed by atoms with Crippen molar-refractivity contribution in [3.05, 3.63) is 17.3 Å². The molecule has 1 aromatic heterocycles. The van der Waals surface area contributed by atoms with Crippen LogP contribution in [0.3, 0.4) is 0 Å². The number of amides is 1. The number of pyridine rings is 1. The summed E-state index contributed by atoms with van der Waals surface area (Å²) in [7, 11) is 1.98. The highest BCUT2D eigenvalue weighted by Gasteiger charge is 2.28. The van der Waals surface area contributed by atoms with E-state index in [1.807, 2.05) is 33.9 Å². The number of carbonyl (C=O) groups is 1. The fourth-order valence-corrected chi connectivity index (χ4v) is 2.24. The van der Waals surface area contributed by atoms with Crippen molar-refractivity contribution in [1.82, 2.24) is 4.98 Å². The normalized spacial score (nSPS) is 15.7. The summed E-state index contributed by atoms with van der Waals surface area (Å²) in [5.41, 5.74) is 0.353. The van der Waals surface area contributed by atoms with Crippen molar-refractivity contribution in [2.75, 3.05) is 29.9 Å². The molecule has 0 saturated carbocycles. The van der Waals surface area contributed by atoms with Gasteiger partial charge in [-0.15, -0.1) is 0 Å². The van der Waals surface area contributed by atoms with E-state index >= 15 is 0 Å². The minimum Gasteiger partial charge on any atom is -0.443 e. The van der Waals surface area contributed by atoms with E-state index < -0.39 is 5.60 Å². The van der Waals surface area contributed by atoms with Gasteiger partial charge in [0.25, 0.3) is 0 Å². The maximum atomic E-state index is 12.3. The van der Waals surface area contributed by atoms with Crippen molar-refractivity contribution in [1.29, 1.82) is 0 Å². The molecule has 0 aromatic carbocycles. The highest BCUT2D eigenvalue weighted by molar-refractivity contribution is 6.29. The van der Waals surface area contributed by atoms with Crippen LogP contribution < -0.4 is 9.80 Å². The standard InChI is InChI=1S/C14H20ClN3O2/c1-14(2,3)20-13(19)18-9-5-8-17(4)10-6-7-11(15)16-12(10)18/h6-7H,5,8-9H2,1-4H3. The minimum atomic E-state index is -0.534. The largest absolute Gasteiger partial charge is 0.443 e. The molecule has 1 amide bonds. The lowest BCUT2D eigenvalue weighted by Crippen LogP contribution is -2.37. The maximum Gasteiger partial charge on any atom is 0.416 e. The number of halogens is 1. The number of rotatable bonds is 0. The average molecular weight is 298 g/mol. The van der Waals surface area contributed by atoms with E-state index in [-0.39, 0.29) is 6.09 Å². The molecule has 0 unspecified atom stereocenters. The molecule has 0 saturated heterocycles. The molecule has 110 valence electrons. The molecule has 20 heavy (non-hydrogen) atoms. The third-order valence-corrected chi connectivity index (χ3v) is 3.19. The molecule has 0 spiro atoms. The lowest BCUT2D eigenvalue weighted by atomic mass is 10.2. The SMILES string of the molecule is CN1CCCN(C(=O)OC(C)(C)C)c2nc(Cl)ccc21. The van der Waals surface area contributed by atoms with Crippen LogP contribution in [0.25, 0.3) is 0 Å². The molecule has 0 bridgehead atoms. The molecule has 1 aromatic rings.